The summed E-state index contributed by atoms with van der Waals surface area (Å²) < 4.78 is 45.5. The summed E-state index contributed by atoms with van der Waals surface area (Å²) in [6, 6.07) is 12.8. The number of benzene rings is 2. The molecule has 1 amide bonds. The van der Waals surface area contributed by atoms with E-state index >= 15 is 0 Å². The largest absolute Gasteiger partial charge is 0.493 e. The number of amides is 1. The van der Waals surface area contributed by atoms with Gasteiger partial charge < -0.3 is 15.2 Å². The van der Waals surface area contributed by atoms with Crippen molar-refractivity contribution in [2.45, 2.75) is 18.7 Å². The molecule has 1 atom stereocenters. The number of hydrogen-bond donors (Lipinski definition) is 2. The van der Waals surface area contributed by atoms with Crippen LogP contribution in [0.2, 0.25) is 0 Å². The Morgan fingerprint density at radius 1 is 1.08 bits per heavy atom. The van der Waals surface area contributed by atoms with E-state index in [0.717, 1.165) is 12.1 Å². The summed E-state index contributed by atoms with van der Waals surface area (Å²) in [6.45, 7) is 1.02. The van der Waals surface area contributed by atoms with Crippen LogP contribution >= 0.6 is 0 Å². The maximum atomic E-state index is 13.4. The quantitative estimate of drug-likeness (QED) is 0.838. The first-order valence-electron chi connectivity index (χ1n) is 7.64. The zero-order valence-electron chi connectivity index (χ0n) is 13.5. The fourth-order valence-corrected chi connectivity index (χ4v) is 2.32. The zero-order valence-corrected chi connectivity index (χ0v) is 13.5. The van der Waals surface area contributed by atoms with E-state index in [1.807, 2.05) is 0 Å². The Kier molecular flexibility index (Phi) is 5.69. The normalized spacial score (nSPS) is 13.8. The average molecular weight is 353 g/mol. The van der Waals surface area contributed by atoms with Gasteiger partial charge in [-0.3, -0.25) is 4.79 Å². The summed E-state index contributed by atoms with van der Waals surface area (Å²) in [5.74, 6) is -0.500. The van der Waals surface area contributed by atoms with Crippen molar-refractivity contribution in [3.05, 3.63) is 65.7 Å². The molecule has 1 unspecified atom stereocenters. The molecular weight excluding hydrogens is 335 g/mol. The Labute approximate surface area is 143 Å². The number of aliphatic hydroxyl groups is 1. The molecule has 0 saturated carbocycles. The number of carbonyl (C=O) groups excluding carboxylic acids is 1. The Morgan fingerprint density at radius 3 is 2.28 bits per heavy atom. The minimum atomic E-state index is -4.96. The molecule has 2 aromatic carbocycles. The van der Waals surface area contributed by atoms with E-state index in [1.165, 1.54) is 24.3 Å². The third kappa shape index (κ3) is 4.11. The minimum Gasteiger partial charge on any atom is -0.493 e. The summed E-state index contributed by atoms with van der Waals surface area (Å²) in [4.78, 5) is 12.3. The Bertz CT molecular complexity index is 719. The number of alkyl halides is 3. The topological polar surface area (TPSA) is 58.6 Å². The van der Waals surface area contributed by atoms with E-state index < -0.39 is 24.2 Å². The second-order valence-electron chi connectivity index (χ2n) is 5.34. The highest BCUT2D eigenvalue weighted by atomic mass is 19.4. The van der Waals surface area contributed by atoms with Gasteiger partial charge in [0.1, 0.15) is 5.75 Å². The third-order valence-electron chi connectivity index (χ3n) is 3.66. The van der Waals surface area contributed by atoms with Crippen molar-refractivity contribution >= 4 is 5.91 Å². The molecule has 0 aliphatic carbocycles. The molecule has 2 N–H and O–H groups in total. The summed E-state index contributed by atoms with van der Waals surface area (Å²) in [5.41, 5.74) is -3.44. The van der Waals surface area contributed by atoms with Crippen molar-refractivity contribution in [2.75, 3.05) is 13.2 Å². The van der Waals surface area contributed by atoms with Crippen LogP contribution in [0.3, 0.4) is 0 Å². The summed E-state index contributed by atoms with van der Waals surface area (Å²) in [6.07, 6.45) is -4.96. The van der Waals surface area contributed by atoms with E-state index in [4.69, 9.17) is 4.74 Å². The van der Waals surface area contributed by atoms with Gasteiger partial charge in [-0.2, -0.15) is 13.2 Å². The second-order valence-corrected chi connectivity index (χ2v) is 5.34. The number of rotatable bonds is 6. The van der Waals surface area contributed by atoms with Crippen LogP contribution in [-0.2, 0) is 5.60 Å². The van der Waals surface area contributed by atoms with Crippen LogP contribution in [0.4, 0.5) is 13.2 Å². The molecule has 2 rings (SSSR count). The smallest absolute Gasteiger partial charge is 0.423 e. The van der Waals surface area contributed by atoms with Crippen molar-refractivity contribution in [1.29, 1.82) is 0 Å². The first-order valence-corrected chi connectivity index (χ1v) is 7.64. The van der Waals surface area contributed by atoms with E-state index in [9.17, 15) is 23.1 Å². The molecule has 0 saturated heterocycles. The van der Waals surface area contributed by atoms with Crippen LogP contribution < -0.4 is 10.1 Å². The van der Waals surface area contributed by atoms with Gasteiger partial charge in [-0.25, -0.2) is 0 Å². The first-order chi connectivity index (χ1) is 11.8. The van der Waals surface area contributed by atoms with Crippen LogP contribution in [0.5, 0.6) is 5.75 Å². The van der Waals surface area contributed by atoms with Crippen LogP contribution in [0.25, 0.3) is 0 Å². The Hall–Kier alpha value is -2.54. The highest BCUT2D eigenvalue weighted by Gasteiger charge is 2.55. The molecular formula is C18H18F3NO3. The maximum absolute atomic E-state index is 13.4. The summed E-state index contributed by atoms with van der Waals surface area (Å²) in [5, 5.41) is 12.4. The molecule has 4 nitrogen and oxygen atoms in total. The highest BCUT2D eigenvalue weighted by molar-refractivity contribution is 5.96. The third-order valence-corrected chi connectivity index (χ3v) is 3.66. The highest BCUT2D eigenvalue weighted by Crippen LogP contribution is 2.38. The lowest BCUT2D eigenvalue weighted by Gasteiger charge is -2.31. The molecule has 0 spiro atoms. The molecule has 0 aromatic heterocycles. The molecule has 0 bridgehead atoms. The molecule has 25 heavy (non-hydrogen) atoms. The fraction of sp³-hybridized carbons (Fsp3) is 0.278. The monoisotopic (exact) mass is 353 g/mol. The lowest BCUT2D eigenvalue weighted by Crippen LogP contribution is -2.51. The number of ether oxygens (including phenoxy) is 1. The molecule has 0 heterocycles. The van der Waals surface area contributed by atoms with Crippen LogP contribution in [0, 0.1) is 0 Å². The number of nitrogens with one attached hydrogen (secondary N) is 1. The summed E-state index contributed by atoms with van der Waals surface area (Å²) >= 11 is 0. The maximum Gasteiger partial charge on any atom is 0.423 e. The van der Waals surface area contributed by atoms with Gasteiger partial charge in [0.2, 0.25) is 5.60 Å². The zero-order chi connectivity index (χ0) is 18.5. The lowest BCUT2D eigenvalue weighted by atomic mass is 9.93. The first kappa shape index (κ1) is 18.8. The van der Waals surface area contributed by atoms with Gasteiger partial charge in [0.15, 0.2) is 0 Å². The number of para-hydroxylation sites is 1. The van der Waals surface area contributed by atoms with Gasteiger partial charge in [0.05, 0.1) is 18.7 Å². The van der Waals surface area contributed by atoms with Gasteiger partial charge >= 0.3 is 6.18 Å². The van der Waals surface area contributed by atoms with Gasteiger partial charge in [-0.05, 0) is 24.6 Å². The Balaban J connectivity index is 2.24. The van der Waals surface area contributed by atoms with E-state index in [-0.39, 0.29) is 16.9 Å². The number of hydrogen-bond acceptors (Lipinski definition) is 3. The molecule has 0 fully saturated rings. The lowest BCUT2D eigenvalue weighted by molar-refractivity contribution is -0.263. The van der Waals surface area contributed by atoms with Crippen LogP contribution in [0.15, 0.2) is 54.6 Å². The van der Waals surface area contributed by atoms with Crippen molar-refractivity contribution < 1.29 is 27.8 Å². The molecule has 2 aromatic rings. The number of carbonyl (C=O) groups is 1. The molecule has 0 aliphatic heterocycles. The molecule has 0 radical (unpaired) electrons. The van der Waals surface area contributed by atoms with Gasteiger partial charge in [-0.1, -0.05) is 42.5 Å². The van der Waals surface area contributed by atoms with E-state index in [2.05, 4.69) is 5.32 Å². The van der Waals surface area contributed by atoms with Crippen LogP contribution in [0.1, 0.15) is 22.8 Å². The second kappa shape index (κ2) is 7.57. The van der Waals surface area contributed by atoms with Gasteiger partial charge in [-0.15, -0.1) is 0 Å². The van der Waals surface area contributed by atoms with Crippen molar-refractivity contribution in [1.82, 2.24) is 5.32 Å². The van der Waals surface area contributed by atoms with Gasteiger partial charge in [0, 0.05) is 0 Å². The SMILES string of the molecule is CCOc1ccccc1C(=O)NCC(O)(c1ccccc1)C(F)(F)F. The predicted molar refractivity (Wildman–Crippen MR) is 86.3 cm³/mol. The fourth-order valence-electron chi connectivity index (χ4n) is 2.32. The Morgan fingerprint density at radius 2 is 1.68 bits per heavy atom. The van der Waals surface area contributed by atoms with Crippen LogP contribution in [-0.4, -0.2) is 30.3 Å². The minimum absolute atomic E-state index is 0.0990. The summed E-state index contributed by atoms with van der Waals surface area (Å²) in [7, 11) is 0. The predicted octanol–water partition coefficient (Wildman–Crippen LogP) is 3.27. The van der Waals surface area contributed by atoms with Crippen molar-refractivity contribution in [3.8, 4) is 5.75 Å². The van der Waals surface area contributed by atoms with E-state index in [0.29, 0.717) is 6.61 Å². The molecule has 0 aliphatic rings. The van der Waals surface area contributed by atoms with Crippen molar-refractivity contribution in [2.24, 2.45) is 0 Å². The van der Waals surface area contributed by atoms with E-state index in [1.54, 1.807) is 25.1 Å². The standard InChI is InChI=1S/C18H18F3NO3/c1-2-25-15-11-7-6-10-14(15)16(23)22-12-17(24,18(19,20)21)13-8-4-3-5-9-13/h3-11,24H,2,12H2,1H3,(H,22,23). The molecule has 134 valence electrons. The van der Waals surface area contributed by atoms with Crippen molar-refractivity contribution in [3.63, 3.8) is 0 Å². The average Bonchev–Trinajstić information content (AvgIpc) is 2.60. The molecule has 7 heteroatoms. The number of halogens is 3. The van der Waals surface area contributed by atoms with Gasteiger partial charge in [0.25, 0.3) is 5.91 Å².